The van der Waals surface area contributed by atoms with Gasteiger partial charge >= 0.3 is 6.03 Å². The number of hydrogen-bond acceptors (Lipinski definition) is 4. The van der Waals surface area contributed by atoms with Crippen molar-refractivity contribution in [1.82, 2.24) is 19.6 Å². The van der Waals surface area contributed by atoms with E-state index in [4.69, 9.17) is 17.3 Å². The molecule has 1 unspecified atom stereocenters. The number of hydrogen-bond donors (Lipinski definition) is 1. The number of amides is 2. The molecule has 2 fully saturated rings. The van der Waals surface area contributed by atoms with Crippen LogP contribution < -0.4 is 5.73 Å². The van der Waals surface area contributed by atoms with Crippen molar-refractivity contribution in [2.45, 2.75) is 19.4 Å². The van der Waals surface area contributed by atoms with Crippen molar-refractivity contribution in [3.05, 3.63) is 52.8 Å². The number of likely N-dealkylation sites (tertiary alicyclic amines) is 2. The number of nitrogens with two attached hydrogens (primary N) is 1. The second-order valence-corrected chi connectivity index (χ2v) is 7.99. The van der Waals surface area contributed by atoms with E-state index in [1.54, 1.807) is 0 Å². The molecule has 2 saturated heterocycles. The topological polar surface area (TPSA) is 84.5 Å². The molecule has 4 rings (SSSR count). The summed E-state index contributed by atoms with van der Waals surface area (Å²) in [4.78, 5) is 28.1. The average molecular weight is 388 g/mol. The summed E-state index contributed by atoms with van der Waals surface area (Å²) in [5.41, 5.74) is 6.70. The van der Waals surface area contributed by atoms with Gasteiger partial charge in [-0.2, -0.15) is 9.78 Å². The highest BCUT2D eigenvalue weighted by Gasteiger charge is 2.44. The van der Waals surface area contributed by atoms with Crippen LogP contribution in [-0.2, 0) is 6.54 Å². The molecule has 2 aromatic rings. The first-order chi connectivity index (χ1) is 12.9. The van der Waals surface area contributed by atoms with Gasteiger partial charge in [0.1, 0.15) is 0 Å². The summed E-state index contributed by atoms with van der Waals surface area (Å²) < 4.78 is 1.21. The molecule has 3 heterocycles. The number of carbonyl (C=O) groups excluding carboxylic acids is 2. The smallest absolute Gasteiger partial charge is 0.344 e. The summed E-state index contributed by atoms with van der Waals surface area (Å²) in [6, 6.07) is 9.23. The maximum Gasteiger partial charge on any atom is 0.344 e. The van der Waals surface area contributed by atoms with Gasteiger partial charge in [-0.05, 0) is 43.1 Å². The van der Waals surface area contributed by atoms with Gasteiger partial charge in [-0.3, -0.25) is 9.69 Å². The molecule has 2 N–H and O–H groups in total. The molecule has 0 aliphatic carbocycles. The standard InChI is InChI=1S/C19H22ClN5O2/c20-15-3-1-14(2-4-15)11-23-9-6-19(12-23)7-10-24(13-19)18(27)25-8-5-16(22-25)17(21)26/h1-5,8H,6-7,9-13H2,(H2,21,26). The van der Waals surface area contributed by atoms with Gasteiger partial charge in [0.25, 0.3) is 5.91 Å². The maximum absolute atomic E-state index is 12.7. The molecule has 1 atom stereocenters. The highest BCUT2D eigenvalue weighted by molar-refractivity contribution is 6.30. The zero-order chi connectivity index (χ0) is 19.0. The zero-order valence-electron chi connectivity index (χ0n) is 15.0. The fourth-order valence-corrected chi connectivity index (χ4v) is 4.27. The Bertz CT molecular complexity index is 865. The van der Waals surface area contributed by atoms with E-state index in [-0.39, 0.29) is 17.1 Å². The molecule has 1 aromatic carbocycles. The number of primary amides is 1. The van der Waals surface area contributed by atoms with Crippen LogP contribution in [0.2, 0.25) is 5.02 Å². The van der Waals surface area contributed by atoms with E-state index >= 15 is 0 Å². The zero-order valence-corrected chi connectivity index (χ0v) is 15.7. The molecule has 0 saturated carbocycles. The summed E-state index contributed by atoms with van der Waals surface area (Å²) in [5.74, 6) is -0.631. The van der Waals surface area contributed by atoms with Crippen LogP contribution in [0.25, 0.3) is 0 Å². The van der Waals surface area contributed by atoms with E-state index in [1.165, 1.54) is 22.5 Å². The Morgan fingerprint density at radius 3 is 2.56 bits per heavy atom. The van der Waals surface area contributed by atoms with Crippen LogP contribution in [0.15, 0.2) is 36.5 Å². The molecule has 1 spiro atoms. The summed E-state index contributed by atoms with van der Waals surface area (Å²) in [6.07, 6.45) is 3.56. The van der Waals surface area contributed by atoms with Gasteiger partial charge in [-0.15, -0.1) is 0 Å². The lowest BCUT2D eigenvalue weighted by molar-refractivity contribution is 0.0995. The Labute approximate surface area is 162 Å². The molecule has 2 aliphatic rings. The first kappa shape index (κ1) is 18.0. The van der Waals surface area contributed by atoms with Crippen LogP contribution in [-0.4, -0.2) is 57.7 Å². The quantitative estimate of drug-likeness (QED) is 0.874. The summed E-state index contributed by atoms with van der Waals surface area (Å²) in [6.45, 7) is 4.32. The van der Waals surface area contributed by atoms with Gasteiger partial charge in [-0.1, -0.05) is 23.7 Å². The van der Waals surface area contributed by atoms with Gasteiger partial charge < -0.3 is 10.6 Å². The van der Waals surface area contributed by atoms with Crippen molar-refractivity contribution in [2.24, 2.45) is 11.1 Å². The van der Waals surface area contributed by atoms with Crippen LogP contribution >= 0.6 is 11.6 Å². The summed E-state index contributed by atoms with van der Waals surface area (Å²) in [7, 11) is 0. The molecule has 142 valence electrons. The molecule has 1 aromatic heterocycles. The average Bonchev–Trinajstić information content (AvgIpc) is 3.38. The van der Waals surface area contributed by atoms with Crippen LogP contribution in [0.3, 0.4) is 0 Å². The molecular weight excluding hydrogens is 366 g/mol. The molecule has 7 nitrogen and oxygen atoms in total. The number of halogens is 1. The monoisotopic (exact) mass is 387 g/mol. The highest BCUT2D eigenvalue weighted by atomic mass is 35.5. The van der Waals surface area contributed by atoms with E-state index in [1.807, 2.05) is 17.0 Å². The lowest BCUT2D eigenvalue weighted by atomic mass is 9.86. The van der Waals surface area contributed by atoms with Crippen LogP contribution in [0.5, 0.6) is 0 Å². The Kier molecular flexibility index (Phi) is 4.65. The van der Waals surface area contributed by atoms with E-state index in [0.717, 1.165) is 37.5 Å². The molecule has 2 amide bonds. The Hall–Kier alpha value is -2.38. The third-order valence-corrected chi connectivity index (χ3v) is 5.84. The second-order valence-electron chi connectivity index (χ2n) is 7.55. The van der Waals surface area contributed by atoms with Gasteiger partial charge in [0, 0.05) is 42.8 Å². The van der Waals surface area contributed by atoms with E-state index in [2.05, 4.69) is 22.1 Å². The number of carbonyl (C=O) groups is 2. The van der Waals surface area contributed by atoms with Crippen molar-refractivity contribution < 1.29 is 9.59 Å². The second kappa shape index (κ2) is 6.98. The maximum atomic E-state index is 12.7. The first-order valence-electron chi connectivity index (χ1n) is 9.06. The fourth-order valence-electron chi connectivity index (χ4n) is 4.15. The minimum Gasteiger partial charge on any atom is -0.364 e. The Morgan fingerprint density at radius 2 is 1.85 bits per heavy atom. The number of nitrogens with zero attached hydrogens (tertiary/aromatic N) is 4. The first-order valence-corrected chi connectivity index (χ1v) is 9.44. The van der Waals surface area contributed by atoms with Gasteiger partial charge in [0.15, 0.2) is 5.69 Å². The van der Waals surface area contributed by atoms with Crippen LogP contribution in [0.4, 0.5) is 4.79 Å². The van der Waals surface area contributed by atoms with Crippen molar-refractivity contribution in [3.8, 4) is 0 Å². The van der Waals surface area contributed by atoms with E-state index in [9.17, 15) is 9.59 Å². The lowest BCUT2D eigenvalue weighted by Gasteiger charge is -2.24. The summed E-state index contributed by atoms with van der Waals surface area (Å²) in [5, 5.41) is 4.73. The fraction of sp³-hybridized carbons (Fsp3) is 0.421. The van der Waals surface area contributed by atoms with Crippen LogP contribution in [0, 0.1) is 5.41 Å². The minimum atomic E-state index is -0.631. The predicted molar refractivity (Wildman–Crippen MR) is 102 cm³/mol. The van der Waals surface area contributed by atoms with E-state index in [0.29, 0.717) is 13.1 Å². The molecular formula is C19H22ClN5O2. The van der Waals surface area contributed by atoms with Crippen LogP contribution in [0.1, 0.15) is 28.9 Å². The van der Waals surface area contributed by atoms with Crippen molar-refractivity contribution >= 4 is 23.5 Å². The molecule has 0 radical (unpaired) electrons. The lowest BCUT2D eigenvalue weighted by Crippen LogP contribution is -2.36. The third-order valence-electron chi connectivity index (χ3n) is 5.58. The Balaban J connectivity index is 1.37. The van der Waals surface area contributed by atoms with Gasteiger partial charge in [0.2, 0.25) is 0 Å². The number of aromatic nitrogens is 2. The third kappa shape index (κ3) is 3.70. The number of rotatable bonds is 3. The van der Waals surface area contributed by atoms with Gasteiger partial charge in [0.05, 0.1) is 0 Å². The van der Waals surface area contributed by atoms with Crippen molar-refractivity contribution in [2.75, 3.05) is 26.2 Å². The predicted octanol–water partition coefficient (Wildman–Crippen LogP) is 2.20. The highest BCUT2D eigenvalue weighted by Crippen LogP contribution is 2.40. The largest absolute Gasteiger partial charge is 0.364 e. The van der Waals surface area contributed by atoms with Crippen molar-refractivity contribution in [3.63, 3.8) is 0 Å². The summed E-state index contributed by atoms with van der Waals surface area (Å²) >= 11 is 5.96. The molecule has 2 aliphatic heterocycles. The minimum absolute atomic E-state index is 0.104. The normalized spacial score (nSPS) is 22.6. The van der Waals surface area contributed by atoms with Crippen molar-refractivity contribution in [1.29, 1.82) is 0 Å². The SMILES string of the molecule is NC(=O)c1ccn(C(=O)N2CCC3(CCN(Cc4ccc(Cl)cc4)C3)C2)n1. The molecule has 0 bridgehead atoms. The molecule has 27 heavy (non-hydrogen) atoms. The van der Waals surface area contributed by atoms with E-state index < -0.39 is 5.91 Å². The number of benzene rings is 1. The van der Waals surface area contributed by atoms with Gasteiger partial charge in [-0.25, -0.2) is 4.79 Å². The molecule has 8 heteroatoms. The Morgan fingerprint density at radius 1 is 1.11 bits per heavy atom.